The number of methoxy groups -OCH3 is 1. The van der Waals surface area contributed by atoms with Gasteiger partial charge in [0.2, 0.25) is 0 Å². The third-order valence-corrected chi connectivity index (χ3v) is 4.10. The molecule has 0 amide bonds. The Kier molecular flexibility index (Phi) is 4.89. The molecule has 1 aromatic carbocycles. The lowest BCUT2D eigenvalue weighted by Crippen LogP contribution is -2.59. The van der Waals surface area contributed by atoms with Gasteiger partial charge in [-0.1, -0.05) is 18.2 Å². The fraction of sp³-hybridized carbons (Fsp3) is 0.588. The second-order valence-corrected chi connectivity index (χ2v) is 6.26. The van der Waals surface area contributed by atoms with Crippen LogP contribution in [0.5, 0.6) is 0 Å². The van der Waals surface area contributed by atoms with Gasteiger partial charge in [0.15, 0.2) is 18.2 Å². The second-order valence-electron chi connectivity index (χ2n) is 6.26. The van der Waals surface area contributed by atoms with Crippen LogP contribution in [0.3, 0.4) is 0 Å². The molecule has 0 spiro atoms. The molecule has 0 radical (unpaired) electrons. The summed E-state index contributed by atoms with van der Waals surface area (Å²) in [7, 11) is 1.45. The SMILES string of the molecule is CO[C@@H]1O[C@H](CO)[C@@H]2OC(C)(C)O[C@@H]2[C@H]1OC(=O)c1ccccc1. The summed E-state index contributed by atoms with van der Waals surface area (Å²) in [5.74, 6) is -1.37. The summed E-state index contributed by atoms with van der Waals surface area (Å²) in [6, 6.07) is 8.65. The lowest BCUT2D eigenvalue weighted by atomic mass is 9.99. The molecular weight excluding hydrogens is 316 g/mol. The van der Waals surface area contributed by atoms with Gasteiger partial charge in [-0.15, -0.1) is 0 Å². The summed E-state index contributed by atoms with van der Waals surface area (Å²) in [5.41, 5.74) is 0.423. The van der Waals surface area contributed by atoms with E-state index in [0.29, 0.717) is 5.56 Å². The molecular formula is C17H22O7. The van der Waals surface area contributed by atoms with E-state index in [0.717, 1.165) is 0 Å². The van der Waals surface area contributed by atoms with Crippen LogP contribution in [0.1, 0.15) is 24.2 Å². The number of fused-ring (bicyclic) bond motifs is 1. The number of carbonyl (C=O) groups is 1. The standard InChI is InChI=1S/C17H22O7/c1-17(2)23-12-11(9-18)21-16(20-3)14(13(12)24-17)22-15(19)10-7-5-4-6-8-10/h4-8,11-14,16,18H,9H2,1-3H3/t11-,12+,13+,14-,16-/m1/s1. The van der Waals surface area contributed by atoms with Gasteiger partial charge in [0.25, 0.3) is 0 Å². The number of aliphatic hydroxyl groups is 1. The molecule has 7 nitrogen and oxygen atoms in total. The summed E-state index contributed by atoms with van der Waals surface area (Å²) in [6.45, 7) is 3.27. The van der Waals surface area contributed by atoms with Crippen molar-refractivity contribution < 1.29 is 33.6 Å². The molecule has 0 aromatic heterocycles. The van der Waals surface area contributed by atoms with Crippen LogP contribution in [0, 0.1) is 0 Å². The maximum Gasteiger partial charge on any atom is 0.338 e. The van der Waals surface area contributed by atoms with Crippen molar-refractivity contribution in [2.75, 3.05) is 13.7 Å². The molecule has 24 heavy (non-hydrogen) atoms. The zero-order valence-corrected chi connectivity index (χ0v) is 13.9. The van der Waals surface area contributed by atoms with Crippen molar-refractivity contribution in [3.05, 3.63) is 35.9 Å². The summed E-state index contributed by atoms with van der Waals surface area (Å²) in [4.78, 5) is 12.4. The lowest BCUT2D eigenvalue weighted by molar-refractivity contribution is -0.273. The summed E-state index contributed by atoms with van der Waals surface area (Å²) in [6.07, 6.45) is -3.42. The van der Waals surface area contributed by atoms with E-state index in [2.05, 4.69) is 0 Å². The maximum atomic E-state index is 12.4. The highest BCUT2D eigenvalue weighted by atomic mass is 16.8. The van der Waals surface area contributed by atoms with Gasteiger partial charge < -0.3 is 28.8 Å². The highest BCUT2D eigenvalue weighted by Gasteiger charge is 2.56. The molecule has 0 aliphatic carbocycles. The Hall–Kier alpha value is -1.51. The zero-order chi connectivity index (χ0) is 17.3. The average molecular weight is 338 g/mol. The summed E-state index contributed by atoms with van der Waals surface area (Å²) in [5, 5.41) is 9.54. The quantitative estimate of drug-likeness (QED) is 0.823. The van der Waals surface area contributed by atoms with E-state index in [9.17, 15) is 9.90 Å². The molecule has 132 valence electrons. The molecule has 0 bridgehead atoms. The Labute approximate surface area is 140 Å². The molecule has 2 aliphatic rings. The van der Waals surface area contributed by atoms with Crippen LogP contribution >= 0.6 is 0 Å². The van der Waals surface area contributed by atoms with E-state index in [1.807, 2.05) is 6.07 Å². The number of hydrogen-bond acceptors (Lipinski definition) is 7. The van der Waals surface area contributed by atoms with Gasteiger partial charge in [0.1, 0.15) is 18.3 Å². The van der Waals surface area contributed by atoms with E-state index in [-0.39, 0.29) is 6.61 Å². The topological polar surface area (TPSA) is 83.5 Å². The van der Waals surface area contributed by atoms with E-state index in [1.165, 1.54) is 7.11 Å². The van der Waals surface area contributed by atoms with E-state index < -0.39 is 42.5 Å². The Morgan fingerprint density at radius 3 is 2.50 bits per heavy atom. The largest absolute Gasteiger partial charge is 0.450 e. The number of rotatable bonds is 4. The van der Waals surface area contributed by atoms with Gasteiger partial charge in [-0.3, -0.25) is 0 Å². The number of benzene rings is 1. The van der Waals surface area contributed by atoms with Crippen LogP contribution in [0.2, 0.25) is 0 Å². The van der Waals surface area contributed by atoms with Crippen molar-refractivity contribution in [3.8, 4) is 0 Å². The van der Waals surface area contributed by atoms with Crippen molar-refractivity contribution in [1.29, 1.82) is 0 Å². The molecule has 2 aliphatic heterocycles. The fourth-order valence-electron chi connectivity index (χ4n) is 3.07. The van der Waals surface area contributed by atoms with Crippen LogP contribution in [-0.4, -0.2) is 61.3 Å². The van der Waals surface area contributed by atoms with Crippen molar-refractivity contribution >= 4 is 5.97 Å². The highest BCUT2D eigenvalue weighted by Crippen LogP contribution is 2.38. The molecule has 7 heteroatoms. The fourth-order valence-corrected chi connectivity index (χ4v) is 3.07. The van der Waals surface area contributed by atoms with Gasteiger partial charge in [-0.25, -0.2) is 4.79 Å². The summed E-state index contributed by atoms with van der Waals surface area (Å²) < 4.78 is 28.3. The van der Waals surface area contributed by atoms with Crippen LogP contribution in [0.25, 0.3) is 0 Å². The third-order valence-electron chi connectivity index (χ3n) is 4.10. The maximum absolute atomic E-state index is 12.4. The molecule has 1 N–H and O–H groups in total. The smallest absolute Gasteiger partial charge is 0.338 e. The van der Waals surface area contributed by atoms with Crippen LogP contribution in [-0.2, 0) is 23.7 Å². The van der Waals surface area contributed by atoms with E-state index >= 15 is 0 Å². The Bertz CT molecular complexity index is 574. The zero-order valence-electron chi connectivity index (χ0n) is 13.9. The first-order valence-electron chi connectivity index (χ1n) is 7.86. The predicted molar refractivity (Wildman–Crippen MR) is 82.2 cm³/mol. The van der Waals surface area contributed by atoms with Gasteiger partial charge in [0, 0.05) is 7.11 Å². The average Bonchev–Trinajstić information content (AvgIpc) is 2.91. The number of hydrogen-bond donors (Lipinski definition) is 1. The lowest BCUT2D eigenvalue weighted by Gasteiger charge is -2.40. The highest BCUT2D eigenvalue weighted by molar-refractivity contribution is 5.89. The van der Waals surface area contributed by atoms with Gasteiger partial charge in [0.05, 0.1) is 12.2 Å². The Balaban J connectivity index is 1.83. The van der Waals surface area contributed by atoms with Crippen LogP contribution in [0.4, 0.5) is 0 Å². The second kappa shape index (κ2) is 6.78. The third kappa shape index (κ3) is 3.31. The van der Waals surface area contributed by atoms with E-state index in [1.54, 1.807) is 38.1 Å². The molecule has 0 unspecified atom stereocenters. The first kappa shape index (κ1) is 17.3. The first-order valence-corrected chi connectivity index (χ1v) is 7.86. The molecule has 2 fully saturated rings. The van der Waals surface area contributed by atoms with E-state index in [4.69, 9.17) is 23.7 Å². The monoisotopic (exact) mass is 338 g/mol. The molecule has 2 saturated heterocycles. The van der Waals surface area contributed by atoms with Gasteiger partial charge in [-0.2, -0.15) is 0 Å². The van der Waals surface area contributed by atoms with Crippen molar-refractivity contribution in [3.63, 3.8) is 0 Å². The van der Waals surface area contributed by atoms with Gasteiger partial charge in [-0.05, 0) is 26.0 Å². The number of ether oxygens (including phenoxy) is 5. The number of aliphatic hydroxyl groups excluding tert-OH is 1. The number of carbonyl (C=O) groups excluding carboxylic acids is 1. The molecule has 2 heterocycles. The van der Waals surface area contributed by atoms with Crippen molar-refractivity contribution in [1.82, 2.24) is 0 Å². The minimum Gasteiger partial charge on any atom is -0.450 e. The van der Waals surface area contributed by atoms with Gasteiger partial charge >= 0.3 is 5.97 Å². The van der Waals surface area contributed by atoms with Crippen molar-refractivity contribution in [2.45, 2.75) is 50.3 Å². The summed E-state index contributed by atoms with van der Waals surface area (Å²) >= 11 is 0. The predicted octanol–water partition coefficient (Wildman–Crippen LogP) is 1.10. The molecule has 3 rings (SSSR count). The molecule has 0 saturated carbocycles. The van der Waals surface area contributed by atoms with Crippen LogP contribution < -0.4 is 0 Å². The molecule has 5 atom stereocenters. The minimum atomic E-state index is -0.869. The minimum absolute atomic E-state index is 0.250. The van der Waals surface area contributed by atoms with Crippen LogP contribution in [0.15, 0.2) is 30.3 Å². The first-order chi connectivity index (χ1) is 11.4. The van der Waals surface area contributed by atoms with Crippen molar-refractivity contribution in [2.24, 2.45) is 0 Å². The molecule has 1 aromatic rings. The normalized spacial score (nSPS) is 34.6. The number of esters is 1. The Morgan fingerprint density at radius 2 is 1.88 bits per heavy atom. The Morgan fingerprint density at radius 1 is 1.21 bits per heavy atom.